The first-order valence-electron chi connectivity index (χ1n) is 0.698. The van der Waals surface area contributed by atoms with Crippen LogP contribution >= 0.6 is 0 Å². The van der Waals surface area contributed by atoms with Gasteiger partial charge in [0.2, 0.25) is 0 Å². The van der Waals surface area contributed by atoms with Gasteiger partial charge < -0.3 is 0 Å². The molecule has 0 saturated carbocycles. The van der Waals surface area contributed by atoms with Crippen molar-refractivity contribution in [3.63, 3.8) is 0 Å². The van der Waals surface area contributed by atoms with Gasteiger partial charge in [-0.15, -0.1) is 0 Å². The van der Waals surface area contributed by atoms with E-state index in [2.05, 4.69) is 0 Å². The fourth-order valence-corrected chi connectivity index (χ4v) is 0. The van der Waals surface area contributed by atoms with E-state index < -0.39 is 10.4 Å². The van der Waals surface area contributed by atoms with Gasteiger partial charge in [-0.3, -0.25) is 9.11 Å². The smallest absolute Gasteiger partial charge is 0.264 e. The van der Waals surface area contributed by atoms with E-state index >= 15 is 0 Å². The van der Waals surface area contributed by atoms with Crippen LogP contribution in [0.15, 0.2) is 0 Å². The van der Waals surface area contributed by atoms with Gasteiger partial charge in [-0.05, 0) is 0 Å². The molecule has 0 heterocycles. The second-order valence-corrected chi connectivity index (χ2v) is 1.34. The maximum absolute atomic E-state index is 8.74. The molecule has 0 aromatic rings. The Morgan fingerprint density at radius 1 is 1.00 bits per heavy atom. The molecule has 0 fully saturated rings. The largest absolute Gasteiger partial charge is 1.00 e. The molecule has 8 heteroatoms. The summed E-state index contributed by atoms with van der Waals surface area (Å²) in [6.07, 6.45) is 0. The third-order valence-electron chi connectivity index (χ3n) is 0. The van der Waals surface area contributed by atoms with Crippen molar-refractivity contribution >= 4 is 10.4 Å². The summed E-state index contributed by atoms with van der Waals surface area (Å²) in [6.45, 7) is 0. The van der Waals surface area contributed by atoms with Crippen molar-refractivity contribution in [3.8, 4) is 0 Å². The first kappa shape index (κ1) is 22.5. The molecule has 0 aliphatic carbocycles. The summed E-state index contributed by atoms with van der Waals surface area (Å²) in [4.78, 5) is 0. The summed E-state index contributed by atoms with van der Waals surface area (Å²) in [7, 11) is -4.67. The van der Waals surface area contributed by atoms with Crippen molar-refractivity contribution in [1.29, 1.82) is 0 Å². The second-order valence-electron chi connectivity index (χ2n) is 0.448. The summed E-state index contributed by atoms with van der Waals surface area (Å²) in [5.74, 6) is 0. The zero-order valence-electron chi connectivity index (χ0n) is 5.12. The van der Waals surface area contributed by atoms with Crippen LogP contribution in [0.1, 0.15) is 0 Å². The molecule has 0 radical (unpaired) electrons. The Hall–Kier alpha value is 3.51. The Labute approximate surface area is 135 Å². The monoisotopic (exact) mass is 183 g/mol. The molecule has 0 spiro atoms. The SMILES string of the molecule is O=S(=O)(O)O.[K+].[Na+].[Na+]. The summed E-state index contributed by atoms with van der Waals surface area (Å²) >= 11 is 0. The third-order valence-corrected chi connectivity index (χ3v) is 0. The van der Waals surface area contributed by atoms with E-state index in [1.54, 1.807) is 0 Å². The predicted octanol–water partition coefficient (Wildman–Crippen LogP) is -9.64. The minimum atomic E-state index is -4.67. The maximum Gasteiger partial charge on any atom is 1.00 e. The van der Waals surface area contributed by atoms with Crippen molar-refractivity contribution in [3.05, 3.63) is 0 Å². The fraction of sp³-hybridized carbons (Fsp3) is 0. The van der Waals surface area contributed by atoms with Crippen molar-refractivity contribution in [2.75, 3.05) is 0 Å². The molecule has 0 unspecified atom stereocenters. The Morgan fingerprint density at radius 3 is 1.00 bits per heavy atom. The van der Waals surface area contributed by atoms with Crippen LogP contribution in [-0.2, 0) is 10.4 Å². The Morgan fingerprint density at radius 2 is 1.00 bits per heavy atom. The van der Waals surface area contributed by atoms with E-state index in [1.807, 2.05) is 0 Å². The summed E-state index contributed by atoms with van der Waals surface area (Å²) < 4.78 is 31.6. The van der Waals surface area contributed by atoms with Gasteiger partial charge in [0.25, 0.3) is 0 Å². The molecule has 0 aliphatic rings. The predicted molar refractivity (Wildman–Crippen MR) is 14.2 cm³/mol. The summed E-state index contributed by atoms with van der Waals surface area (Å²) in [5, 5.41) is 0. The number of hydrogen-bond acceptors (Lipinski definition) is 2. The van der Waals surface area contributed by atoms with Crippen LogP contribution in [0, 0.1) is 0 Å². The Bertz CT molecular complexity index is 97.2. The molecule has 8 heavy (non-hydrogen) atoms. The first-order chi connectivity index (χ1) is 2.00. The van der Waals surface area contributed by atoms with Gasteiger partial charge in [0.05, 0.1) is 0 Å². The maximum atomic E-state index is 8.74. The second kappa shape index (κ2) is 10.5. The quantitative estimate of drug-likeness (QED) is 0.289. The molecule has 0 aromatic heterocycles. The molecule has 0 aliphatic heterocycles. The minimum Gasteiger partial charge on any atom is -0.264 e. The summed E-state index contributed by atoms with van der Waals surface area (Å²) in [5.41, 5.74) is 0. The number of rotatable bonds is 0. The minimum absolute atomic E-state index is 0. The molecule has 0 saturated heterocycles. The van der Waals surface area contributed by atoms with E-state index in [-0.39, 0.29) is 110 Å². The molecule has 0 bridgehead atoms. The molecule has 2 N–H and O–H groups in total. The van der Waals surface area contributed by atoms with Gasteiger partial charge >= 0.3 is 121 Å². The first-order valence-corrected chi connectivity index (χ1v) is 2.10. The van der Waals surface area contributed by atoms with Gasteiger partial charge in [-0.25, -0.2) is 0 Å². The van der Waals surface area contributed by atoms with E-state index in [0.717, 1.165) is 0 Å². The molecule has 4 nitrogen and oxygen atoms in total. The molecule has 32 valence electrons. The average molecular weight is 183 g/mol. The molecule has 0 aromatic carbocycles. The van der Waals surface area contributed by atoms with Crippen molar-refractivity contribution in [2.45, 2.75) is 0 Å². The van der Waals surface area contributed by atoms with Crippen LogP contribution in [-0.4, -0.2) is 17.5 Å². The van der Waals surface area contributed by atoms with Crippen LogP contribution in [0.2, 0.25) is 0 Å². The Balaban J connectivity index is -0.0000000267. The van der Waals surface area contributed by atoms with Crippen LogP contribution in [0.3, 0.4) is 0 Å². The molecular formula is H2KNa2O4S+3. The molecule has 0 atom stereocenters. The van der Waals surface area contributed by atoms with Gasteiger partial charge in [-0.1, -0.05) is 0 Å². The van der Waals surface area contributed by atoms with Gasteiger partial charge in [0.15, 0.2) is 0 Å². The Kier molecular flexibility index (Phi) is 29.6. The van der Waals surface area contributed by atoms with Crippen molar-refractivity contribution in [1.82, 2.24) is 0 Å². The van der Waals surface area contributed by atoms with Gasteiger partial charge in [0.1, 0.15) is 0 Å². The third kappa shape index (κ3) is 55.9. The van der Waals surface area contributed by atoms with E-state index in [9.17, 15) is 0 Å². The zero-order chi connectivity index (χ0) is 4.50. The fourth-order valence-electron chi connectivity index (χ4n) is 0. The topological polar surface area (TPSA) is 74.6 Å². The van der Waals surface area contributed by atoms with Crippen molar-refractivity contribution < 1.29 is 128 Å². The van der Waals surface area contributed by atoms with Crippen LogP contribution in [0.5, 0.6) is 0 Å². The van der Waals surface area contributed by atoms with Crippen LogP contribution < -0.4 is 110 Å². The van der Waals surface area contributed by atoms with Crippen molar-refractivity contribution in [2.24, 2.45) is 0 Å². The number of hydrogen-bond donors (Lipinski definition) is 2. The molecule has 0 rings (SSSR count). The van der Waals surface area contributed by atoms with E-state index in [4.69, 9.17) is 17.5 Å². The zero-order valence-corrected chi connectivity index (χ0v) is 13.1. The standard InChI is InChI=1S/K.2Na.H2O4S/c;;;1-5(2,3)4/h;;;(H2,1,2,3,4)/q3*+1;. The van der Waals surface area contributed by atoms with E-state index in [1.165, 1.54) is 0 Å². The average Bonchev–Trinajstić information content (AvgIpc) is 0.722. The van der Waals surface area contributed by atoms with E-state index in [0.29, 0.717) is 0 Å². The molecule has 0 amide bonds. The molecular weight excluding hydrogens is 181 g/mol. The van der Waals surface area contributed by atoms with Gasteiger partial charge in [0, 0.05) is 0 Å². The van der Waals surface area contributed by atoms with Crippen LogP contribution in [0.25, 0.3) is 0 Å². The van der Waals surface area contributed by atoms with Gasteiger partial charge in [-0.2, -0.15) is 8.42 Å². The van der Waals surface area contributed by atoms with Crippen LogP contribution in [0.4, 0.5) is 0 Å². The normalized spacial score (nSPS) is 7.25. The summed E-state index contributed by atoms with van der Waals surface area (Å²) in [6, 6.07) is 0.